The summed E-state index contributed by atoms with van der Waals surface area (Å²) < 4.78 is 5.51. The Bertz CT molecular complexity index is 396. The fourth-order valence-electron chi connectivity index (χ4n) is 1.49. The van der Waals surface area contributed by atoms with Crippen molar-refractivity contribution in [3.8, 4) is 0 Å². The van der Waals surface area contributed by atoms with Crippen LogP contribution in [0.3, 0.4) is 0 Å². The molecule has 0 amide bonds. The molecule has 7 nitrogen and oxygen atoms in total. The number of ether oxygens (including phenoxy) is 1. The molecule has 20 heavy (non-hydrogen) atoms. The number of hydrogen-bond donors (Lipinski definition) is 3. The van der Waals surface area contributed by atoms with Gasteiger partial charge in [-0.25, -0.2) is 15.8 Å². The molecule has 0 aliphatic carbocycles. The summed E-state index contributed by atoms with van der Waals surface area (Å²) in [6.45, 7) is 7.08. The molecule has 1 rings (SSSR count). The van der Waals surface area contributed by atoms with E-state index in [2.05, 4.69) is 25.6 Å². The van der Waals surface area contributed by atoms with Gasteiger partial charge >= 0.3 is 0 Å². The van der Waals surface area contributed by atoms with Gasteiger partial charge in [0.25, 0.3) is 0 Å². The Hall–Kier alpha value is -1.44. The highest BCUT2D eigenvalue weighted by Gasteiger charge is 2.07. The molecule has 1 heterocycles. The summed E-state index contributed by atoms with van der Waals surface area (Å²) in [7, 11) is 4.05. The van der Waals surface area contributed by atoms with Crippen molar-refractivity contribution in [1.29, 1.82) is 0 Å². The highest BCUT2D eigenvalue weighted by Crippen LogP contribution is 2.15. The molecule has 1 aromatic rings. The minimum atomic E-state index is 0.250. The fourth-order valence-corrected chi connectivity index (χ4v) is 1.49. The molecule has 0 atom stereocenters. The average molecular weight is 282 g/mol. The zero-order valence-corrected chi connectivity index (χ0v) is 12.8. The monoisotopic (exact) mass is 282 g/mol. The third-order valence-corrected chi connectivity index (χ3v) is 2.64. The molecule has 7 heteroatoms. The lowest BCUT2D eigenvalue weighted by molar-refractivity contribution is 0.126. The molecular weight excluding hydrogens is 256 g/mol. The van der Waals surface area contributed by atoms with E-state index in [1.807, 2.05) is 27.9 Å². The molecule has 1 aromatic heterocycles. The number of nitrogens with two attached hydrogens (primary N) is 1. The van der Waals surface area contributed by atoms with Crippen LogP contribution in [0, 0.1) is 0 Å². The van der Waals surface area contributed by atoms with Crippen LogP contribution in [0.25, 0.3) is 0 Å². The summed E-state index contributed by atoms with van der Waals surface area (Å²) in [6.07, 6.45) is 0. The van der Waals surface area contributed by atoms with Crippen molar-refractivity contribution in [2.45, 2.75) is 19.8 Å². The molecule has 4 N–H and O–H groups in total. The number of aromatic nitrogens is 2. The van der Waals surface area contributed by atoms with Crippen molar-refractivity contribution in [3.63, 3.8) is 0 Å². The van der Waals surface area contributed by atoms with E-state index >= 15 is 0 Å². The van der Waals surface area contributed by atoms with Crippen molar-refractivity contribution in [1.82, 2.24) is 14.9 Å². The number of hydrogen-bond acceptors (Lipinski definition) is 7. The van der Waals surface area contributed by atoms with Crippen LogP contribution in [0.5, 0.6) is 0 Å². The van der Waals surface area contributed by atoms with E-state index in [1.54, 1.807) is 6.07 Å². The predicted molar refractivity (Wildman–Crippen MR) is 81.8 cm³/mol. The Balaban J connectivity index is 2.41. The summed E-state index contributed by atoms with van der Waals surface area (Å²) in [4.78, 5) is 10.8. The smallest absolute Gasteiger partial charge is 0.145 e. The van der Waals surface area contributed by atoms with E-state index in [9.17, 15) is 0 Å². The first-order chi connectivity index (χ1) is 9.52. The zero-order chi connectivity index (χ0) is 15.0. The first-order valence-electron chi connectivity index (χ1n) is 6.85. The summed E-state index contributed by atoms with van der Waals surface area (Å²) >= 11 is 0. The van der Waals surface area contributed by atoms with Gasteiger partial charge in [-0.3, -0.25) is 0 Å². The van der Waals surface area contributed by atoms with Crippen LogP contribution in [0.2, 0.25) is 0 Å². The van der Waals surface area contributed by atoms with Crippen molar-refractivity contribution in [2.24, 2.45) is 5.84 Å². The minimum absolute atomic E-state index is 0.250. The van der Waals surface area contributed by atoms with Crippen LogP contribution in [-0.4, -0.2) is 55.3 Å². The van der Waals surface area contributed by atoms with Gasteiger partial charge in [-0.15, -0.1) is 0 Å². The standard InChI is InChI=1S/C13H26N6O/c1-10(2)13-16-11(9-12(17-13)18-14)15-5-7-20-8-6-19(3)4/h9-10H,5-8,14H2,1-4H3,(H2,15,16,17,18). The molecule has 0 saturated heterocycles. The Morgan fingerprint density at radius 2 is 1.95 bits per heavy atom. The Labute approximate surface area is 120 Å². The van der Waals surface area contributed by atoms with Crippen molar-refractivity contribution in [2.75, 3.05) is 51.1 Å². The van der Waals surface area contributed by atoms with Crippen LogP contribution in [-0.2, 0) is 4.74 Å². The van der Waals surface area contributed by atoms with Crippen molar-refractivity contribution >= 4 is 11.6 Å². The number of nitrogens with zero attached hydrogens (tertiary/aromatic N) is 3. The van der Waals surface area contributed by atoms with Crippen LogP contribution in [0.4, 0.5) is 11.6 Å². The number of rotatable bonds is 9. The second kappa shape index (κ2) is 8.68. The lowest BCUT2D eigenvalue weighted by Gasteiger charge is -2.12. The van der Waals surface area contributed by atoms with Gasteiger partial charge in [0, 0.05) is 25.1 Å². The highest BCUT2D eigenvalue weighted by molar-refractivity contribution is 5.47. The summed E-state index contributed by atoms with van der Waals surface area (Å²) in [6, 6.07) is 1.78. The van der Waals surface area contributed by atoms with Gasteiger partial charge in [0.2, 0.25) is 0 Å². The van der Waals surface area contributed by atoms with Gasteiger partial charge in [-0.05, 0) is 14.1 Å². The molecule has 0 bridgehead atoms. The van der Waals surface area contributed by atoms with E-state index in [0.29, 0.717) is 19.0 Å². The van der Waals surface area contributed by atoms with Crippen LogP contribution in [0.15, 0.2) is 6.07 Å². The summed E-state index contributed by atoms with van der Waals surface area (Å²) in [5.41, 5.74) is 2.56. The second-order valence-corrected chi connectivity index (χ2v) is 5.14. The first kappa shape index (κ1) is 16.6. The largest absolute Gasteiger partial charge is 0.378 e. The van der Waals surface area contributed by atoms with Crippen LogP contribution in [0.1, 0.15) is 25.6 Å². The Morgan fingerprint density at radius 1 is 1.25 bits per heavy atom. The van der Waals surface area contributed by atoms with Gasteiger partial charge < -0.3 is 20.4 Å². The minimum Gasteiger partial charge on any atom is -0.378 e. The lowest BCUT2D eigenvalue weighted by Crippen LogP contribution is -2.20. The molecule has 114 valence electrons. The maximum Gasteiger partial charge on any atom is 0.145 e. The lowest BCUT2D eigenvalue weighted by atomic mass is 10.2. The van der Waals surface area contributed by atoms with Crippen LogP contribution < -0.4 is 16.6 Å². The molecule has 0 fully saturated rings. The van der Waals surface area contributed by atoms with E-state index < -0.39 is 0 Å². The number of hydrazine groups is 1. The van der Waals surface area contributed by atoms with Crippen LogP contribution >= 0.6 is 0 Å². The van der Waals surface area contributed by atoms with Crippen molar-refractivity contribution in [3.05, 3.63) is 11.9 Å². The third-order valence-electron chi connectivity index (χ3n) is 2.64. The first-order valence-corrected chi connectivity index (χ1v) is 6.85. The molecule has 0 aliphatic rings. The molecule has 0 saturated carbocycles. The SMILES string of the molecule is CC(C)c1nc(NN)cc(NCCOCCN(C)C)n1. The highest BCUT2D eigenvalue weighted by atomic mass is 16.5. The maximum absolute atomic E-state index is 5.51. The van der Waals surface area contributed by atoms with Gasteiger partial charge in [0.05, 0.1) is 13.2 Å². The number of nitrogens with one attached hydrogen (secondary N) is 2. The van der Waals surface area contributed by atoms with Gasteiger partial charge in [-0.1, -0.05) is 13.8 Å². The Morgan fingerprint density at radius 3 is 2.55 bits per heavy atom. The van der Waals surface area contributed by atoms with E-state index in [1.165, 1.54) is 0 Å². The molecule has 0 aliphatic heterocycles. The number of nitrogen functional groups attached to an aromatic ring is 1. The zero-order valence-electron chi connectivity index (χ0n) is 12.8. The maximum atomic E-state index is 5.51. The van der Waals surface area contributed by atoms with E-state index in [0.717, 1.165) is 24.8 Å². The second-order valence-electron chi connectivity index (χ2n) is 5.14. The van der Waals surface area contributed by atoms with E-state index in [4.69, 9.17) is 10.6 Å². The summed E-state index contributed by atoms with van der Waals surface area (Å²) in [5.74, 6) is 7.79. The molecule has 0 spiro atoms. The topological polar surface area (TPSA) is 88.3 Å². The predicted octanol–water partition coefficient (Wildman–Crippen LogP) is 0.876. The Kier molecular flexibility index (Phi) is 7.21. The molecular formula is C13H26N6O. The number of likely N-dealkylation sites (N-methyl/N-ethyl adjacent to an activating group) is 1. The van der Waals surface area contributed by atoms with Gasteiger partial charge in [0.1, 0.15) is 17.5 Å². The molecule has 0 radical (unpaired) electrons. The van der Waals surface area contributed by atoms with Gasteiger partial charge in [0.15, 0.2) is 0 Å². The quantitative estimate of drug-likeness (QED) is 0.352. The fraction of sp³-hybridized carbons (Fsp3) is 0.692. The number of anilines is 2. The van der Waals surface area contributed by atoms with Crippen molar-refractivity contribution < 1.29 is 4.74 Å². The normalized spacial score (nSPS) is 11.2. The summed E-state index contributed by atoms with van der Waals surface area (Å²) in [5, 5.41) is 3.22. The third kappa shape index (κ3) is 6.14. The molecule has 0 aromatic carbocycles. The van der Waals surface area contributed by atoms with Gasteiger partial charge in [-0.2, -0.15) is 0 Å². The average Bonchev–Trinajstić information content (AvgIpc) is 2.41. The van der Waals surface area contributed by atoms with E-state index in [-0.39, 0.29) is 5.92 Å². The molecule has 0 unspecified atom stereocenters.